The van der Waals surface area contributed by atoms with Gasteiger partial charge in [-0.1, -0.05) is 18.2 Å². The molecule has 1 aliphatic carbocycles. The number of amides is 2. The number of anilines is 2. The Morgan fingerprint density at radius 2 is 1.74 bits per heavy atom. The Labute approximate surface area is 205 Å². The van der Waals surface area contributed by atoms with E-state index in [1.807, 2.05) is 67.6 Å². The Bertz CT molecular complexity index is 1170. The van der Waals surface area contributed by atoms with E-state index in [2.05, 4.69) is 10.2 Å². The number of carbonyl (C=O) groups excluding carboxylic acids is 2. The van der Waals surface area contributed by atoms with Crippen LogP contribution in [0.15, 0.2) is 60.7 Å². The third kappa shape index (κ3) is 5.38. The number of nitrogens with one attached hydrogen (secondary N) is 1. The standard InChI is InChI=1S/C27H31N5O3/c1-2-30(19-26(33)28-21-10-12-22(13-11-21)31-14-16-35-17-15-31)27(34)25-18-24(20-8-9-20)29-32(25)23-6-4-3-5-7-23/h3-7,10-13,18,20H,2,8-9,14-17,19H2,1H3,(H,28,33). The molecule has 2 aromatic carbocycles. The van der Waals surface area contributed by atoms with Gasteiger partial charge in [0.05, 0.1) is 24.6 Å². The van der Waals surface area contributed by atoms with E-state index in [0.29, 0.717) is 23.8 Å². The number of hydrogen-bond acceptors (Lipinski definition) is 5. The highest BCUT2D eigenvalue weighted by atomic mass is 16.5. The minimum absolute atomic E-state index is 0.0285. The molecule has 0 spiro atoms. The molecule has 2 aliphatic rings. The number of likely N-dealkylation sites (N-methyl/N-ethyl adjacent to an activating group) is 1. The third-order valence-electron chi connectivity index (χ3n) is 6.47. The van der Waals surface area contributed by atoms with E-state index in [0.717, 1.165) is 56.2 Å². The molecule has 2 amide bonds. The fourth-order valence-corrected chi connectivity index (χ4v) is 4.34. The molecule has 0 radical (unpaired) electrons. The van der Waals surface area contributed by atoms with E-state index >= 15 is 0 Å². The second-order valence-corrected chi connectivity index (χ2v) is 8.99. The first kappa shape index (κ1) is 23.1. The zero-order chi connectivity index (χ0) is 24.2. The smallest absolute Gasteiger partial charge is 0.273 e. The van der Waals surface area contributed by atoms with Gasteiger partial charge in [0.25, 0.3) is 5.91 Å². The second kappa shape index (κ2) is 10.3. The van der Waals surface area contributed by atoms with Gasteiger partial charge in [-0.25, -0.2) is 4.68 Å². The molecule has 1 N–H and O–H groups in total. The van der Waals surface area contributed by atoms with Crippen molar-refractivity contribution in [3.05, 3.63) is 72.1 Å². The maximum atomic E-state index is 13.5. The van der Waals surface area contributed by atoms with Crippen LogP contribution in [0.2, 0.25) is 0 Å². The van der Waals surface area contributed by atoms with E-state index < -0.39 is 0 Å². The molecule has 0 bridgehead atoms. The van der Waals surface area contributed by atoms with Crippen LogP contribution in [-0.4, -0.2) is 65.9 Å². The molecular formula is C27H31N5O3. The van der Waals surface area contributed by atoms with E-state index in [-0.39, 0.29) is 18.4 Å². The minimum atomic E-state index is -0.229. The maximum Gasteiger partial charge on any atom is 0.273 e. The summed E-state index contributed by atoms with van der Waals surface area (Å²) >= 11 is 0. The molecule has 2 heterocycles. The molecular weight excluding hydrogens is 442 g/mol. The van der Waals surface area contributed by atoms with Crippen LogP contribution in [0.4, 0.5) is 11.4 Å². The van der Waals surface area contributed by atoms with E-state index in [1.165, 1.54) is 0 Å². The highest BCUT2D eigenvalue weighted by Gasteiger charge is 2.30. The summed E-state index contributed by atoms with van der Waals surface area (Å²) in [5, 5.41) is 7.66. The summed E-state index contributed by atoms with van der Waals surface area (Å²) in [5.41, 5.74) is 4.09. The largest absolute Gasteiger partial charge is 0.378 e. The van der Waals surface area contributed by atoms with Crippen molar-refractivity contribution < 1.29 is 14.3 Å². The lowest BCUT2D eigenvalue weighted by Gasteiger charge is -2.29. The van der Waals surface area contributed by atoms with Crippen molar-refractivity contribution in [1.82, 2.24) is 14.7 Å². The topological polar surface area (TPSA) is 79.7 Å². The number of rotatable bonds is 8. The number of morpholine rings is 1. The van der Waals surface area contributed by atoms with Crippen LogP contribution in [-0.2, 0) is 9.53 Å². The van der Waals surface area contributed by atoms with Crippen molar-refractivity contribution in [1.29, 1.82) is 0 Å². The summed E-state index contributed by atoms with van der Waals surface area (Å²) in [6.07, 6.45) is 2.20. The zero-order valence-electron chi connectivity index (χ0n) is 20.0. The summed E-state index contributed by atoms with van der Waals surface area (Å²) in [4.78, 5) is 30.2. The van der Waals surface area contributed by atoms with Crippen molar-refractivity contribution in [3.8, 4) is 5.69 Å². The van der Waals surface area contributed by atoms with Gasteiger partial charge in [0.2, 0.25) is 5.91 Å². The van der Waals surface area contributed by atoms with Crippen LogP contribution >= 0.6 is 0 Å². The molecule has 3 aromatic rings. The first-order valence-electron chi connectivity index (χ1n) is 12.3. The van der Waals surface area contributed by atoms with E-state index in [1.54, 1.807) is 9.58 Å². The monoisotopic (exact) mass is 473 g/mol. The number of carbonyl (C=O) groups is 2. The number of ether oxygens (including phenoxy) is 1. The zero-order valence-corrected chi connectivity index (χ0v) is 20.0. The van der Waals surface area contributed by atoms with Gasteiger partial charge >= 0.3 is 0 Å². The quantitative estimate of drug-likeness (QED) is 0.540. The molecule has 182 valence electrons. The van der Waals surface area contributed by atoms with Gasteiger partial charge in [-0.05, 0) is 62.2 Å². The molecule has 35 heavy (non-hydrogen) atoms. The lowest BCUT2D eigenvalue weighted by atomic mass is 10.2. The van der Waals surface area contributed by atoms with Crippen LogP contribution in [0.5, 0.6) is 0 Å². The van der Waals surface area contributed by atoms with E-state index in [9.17, 15) is 9.59 Å². The molecule has 5 rings (SSSR count). The Kier molecular flexibility index (Phi) is 6.81. The number of para-hydroxylation sites is 1. The predicted octanol–water partition coefficient (Wildman–Crippen LogP) is 3.69. The van der Waals surface area contributed by atoms with Gasteiger partial charge in [-0.15, -0.1) is 0 Å². The normalized spacial score (nSPS) is 15.6. The average molecular weight is 474 g/mol. The van der Waals surface area contributed by atoms with Crippen molar-refractivity contribution >= 4 is 23.2 Å². The molecule has 1 saturated heterocycles. The number of nitrogens with zero attached hydrogens (tertiary/aromatic N) is 4. The van der Waals surface area contributed by atoms with Gasteiger partial charge in [0.1, 0.15) is 12.2 Å². The average Bonchev–Trinajstić information content (AvgIpc) is 3.66. The second-order valence-electron chi connectivity index (χ2n) is 8.99. The van der Waals surface area contributed by atoms with Crippen LogP contribution in [0.1, 0.15) is 41.9 Å². The first-order valence-corrected chi connectivity index (χ1v) is 12.3. The fourth-order valence-electron chi connectivity index (χ4n) is 4.34. The Hall–Kier alpha value is -3.65. The molecule has 1 saturated carbocycles. The molecule has 2 fully saturated rings. The van der Waals surface area contributed by atoms with Gasteiger partial charge in [-0.3, -0.25) is 9.59 Å². The molecule has 1 aliphatic heterocycles. The van der Waals surface area contributed by atoms with Crippen molar-refractivity contribution in [2.75, 3.05) is 49.6 Å². The Morgan fingerprint density at radius 3 is 2.40 bits per heavy atom. The minimum Gasteiger partial charge on any atom is -0.378 e. The number of benzene rings is 2. The summed E-state index contributed by atoms with van der Waals surface area (Å²) in [5.74, 6) is -0.00796. The SMILES string of the molecule is CCN(CC(=O)Nc1ccc(N2CCOCC2)cc1)C(=O)c1cc(C2CC2)nn1-c1ccccc1. The van der Waals surface area contributed by atoms with Gasteiger partial charge in [0, 0.05) is 36.9 Å². The predicted molar refractivity (Wildman–Crippen MR) is 135 cm³/mol. The fraction of sp³-hybridized carbons (Fsp3) is 0.370. The van der Waals surface area contributed by atoms with Crippen molar-refractivity contribution in [3.63, 3.8) is 0 Å². The third-order valence-corrected chi connectivity index (χ3v) is 6.47. The summed E-state index contributed by atoms with van der Waals surface area (Å²) < 4.78 is 7.12. The highest BCUT2D eigenvalue weighted by Crippen LogP contribution is 2.39. The Morgan fingerprint density at radius 1 is 1.03 bits per heavy atom. The van der Waals surface area contributed by atoms with Crippen LogP contribution in [0.3, 0.4) is 0 Å². The van der Waals surface area contributed by atoms with Crippen molar-refractivity contribution in [2.24, 2.45) is 0 Å². The molecule has 1 aromatic heterocycles. The summed E-state index contributed by atoms with van der Waals surface area (Å²) in [6, 6.07) is 19.3. The van der Waals surface area contributed by atoms with Crippen LogP contribution < -0.4 is 10.2 Å². The summed E-state index contributed by atoms with van der Waals surface area (Å²) in [6.45, 7) is 5.45. The maximum absolute atomic E-state index is 13.5. The molecule has 8 heteroatoms. The van der Waals surface area contributed by atoms with Gasteiger partial charge in [-0.2, -0.15) is 5.10 Å². The molecule has 0 unspecified atom stereocenters. The molecule has 0 atom stereocenters. The van der Waals surface area contributed by atoms with Crippen LogP contribution in [0.25, 0.3) is 5.69 Å². The van der Waals surface area contributed by atoms with E-state index in [4.69, 9.17) is 9.84 Å². The lowest BCUT2D eigenvalue weighted by molar-refractivity contribution is -0.116. The van der Waals surface area contributed by atoms with Gasteiger partial charge < -0.3 is 19.9 Å². The Balaban J connectivity index is 1.27. The number of aromatic nitrogens is 2. The van der Waals surface area contributed by atoms with Crippen LogP contribution in [0, 0.1) is 0 Å². The summed E-state index contributed by atoms with van der Waals surface area (Å²) in [7, 11) is 0. The molecule has 8 nitrogen and oxygen atoms in total. The van der Waals surface area contributed by atoms with Gasteiger partial charge in [0.15, 0.2) is 0 Å². The lowest BCUT2D eigenvalue weighted by Crippen LogP contribution is -2.38. The number of hydrogen-bond donors (Lipinski definition) is 1. The first-order chi connectivity index (χ1) is 17.1. The van der Waals surface area contributed by atoms with Crippen molar-refractivity contribution in [2.45, 2.75) is 25.7 Å². The highest BCUT2D eigenvalue weighted by molar-refractivity contribution is 5.99.